The fourth-order valence-corrected chi connectivity index (χ4v) is 1.54. The van der Waals surface area contributed by atoms with Crippen molar-refractivity contribution in [1.29, 1.82) is 0 Å². The van der Waals surface area contributed by atoms with Crippen LogP contribution in [0, 0.1) is 23.8 Å². The highest BCUT2D eigenvalue weighted by Gasteiger charge is 2.07. The molecule has 2 atom stereocenters. The zero-order chi connectivity index (χ0) is 10.7. The third-order valence-electron chi connectivity index (χ3n) is 2.32. The minimum absolute atomic E-state index is 0.126. The fourth-order valence-electron chi connectivity index (χ4n) is 1.29. The molecule has 0 saturated carbocycles. The molecule has 0 aromatic rings. The third-order valence-corrected chi connectivity index (χ3v) is 2.77. The number of hydrogen-bond acceptors (Lipinski definition) is 1. The maximum Gasteiger partial charge on any atom is 0.0547 e. The summed E-state index contributed by atoms with van der Waals surface area (Å²) in [6, 6.07) is 3.06. The van der Waals surface area contributed by atoms with E-state index in [0.29, 0.717) is 5.92 Å². The van der Waals surface area contributed by atoms with Crippen LogP contribution in [0.3, 0.4) is 0 Å². The molecule has 0 fully saturated rings. The Morgan fingerprint density at radius 1 is 1.36 bits per heavy atom. The molecular formula is C12H16ClN. The van der Waals surface area contributed by atoms with Crippen molar-refractivity contribution in [2.75, 3.05) is 7.05 Å². The lowest BCUT2D eigenvalue weighted by atomic mass is 10.1. The van der Waals surface area contributed by atoms with E-state index in [1.807, 2.05) is 18.9 Å². The fraction of sp³-hybridized carbons (Fsp3) is 0.500. The normalized spacial score (nSPS) is 35.1. The lowest BCUT2D eigenvalue weighted by Gasteiger charge is -2.11. The van der Waals surface area contributed by atoms with E-state index in [0.717, 1.165) is 5.03 Å². The summed E-state index contributed by atoms with van der Waals surface area (Å²) in [4.78, 5) is 1.94. The second-order valence-electron chi connectivity index (χ2n) is 3.76. The Balaban J connectivity index is 3.05. The summed E-state index contributed by atoms with van der Waals surface area (Å²) < 4.78 is 0. The summed E-state index contributed by atoms with van der Waals surface area (Å²) in [5, 5.41) is 0.837. The van der Waals surface area contributed by atoms with Crippen LogP contribution < -0.4 is 0 Å². The van der Waals surface area contributed by atoms with E-state index in [1.165, 1.54) is 5.70 Å². The molecule has 0 aromatic carbocycles. The van der Waals surface area contributed by atoms with Gasteiger partial charge in [0.2, 0.25) is 0 Å². The van der Waals surface area contributed by atoms with Gasteiger partial charge in [-0.1, -0.05) is 36.6 Å². The number of allylic oxidation sites excluding steroid dienone is 4. The smallest absolute Gasteiger partial charge is 0.0547 e. The van der Waals surface area contributed by atoms with Gasteiger partial charge in [-0.15, -0.1) is 0 Å². The van der Waals surface area contributed by atoms with Crippen molar-refractivity contribution in [3.63, 3.8) is 0 Å². The van der Waals surface area contributed by atoms with Gasteiger partial charge in [0.05, 0.1) is 5.92 Å². The van der Waals surface area contributed by atoms with Gasteiger partial charge in [0.15, 0.2) is 0 Å². The van der Waals surface area contributed by atoms with E-state index in [4.69, 9.17) is 11.6 Å². The average molecular weight is 210 g/mol. The van der Waals surface area contributed by atoms with Gasteiger partial charge < -0.3 is 4.90 Å². The summed E-state index contributed by atoms with van der Waals surface area (Å²) in [7, 11) is 1.97. The highest BCUT2D eigenvalue weighted by molar-refractivity contribution is 6.30. The van der Waals surface area contributed by atoms with Gasteiger partial charge in [-0.25, -0.2) is 0 Å². The molecule has 0 aromatic heterocycles. The highest BCUT2D eigenvalue weighted by atomic mass is 35.5. The van der Waals surface area contributed by atoms with E-state index in [9.17, 15) is 0 Å². The molecule has 1 nitrogen and oxygen atoms in total. The Hall–Kier alpha value is -0.870. The maximum atomic E-state index is 6.12. The van der Waals surface area contributed by atoms with Gasteiger partial charge in [-0.2, -0.15) is 0 Å². The molecule has 2 unspecified atom stereocenters. The minimum atomic E-state index is 0.126. The summed E-state index contributed by atoms with van der Waals surface area (Å²) in [5.41, 5.74) is 1.17. The van der Waals surface area contributed by atoms with Gasteiger partial charge >= 0.3 is 0 Å². The van der Waals surface area contributed by atoms with E-state index in [2.05, 4.69) is 38.0 Å². The Bertz CT molecular complexity index is 300. The topological polar surface area (TPSA) is 3.24 Å². The van der Waals surface area contributed by atoms with Crippen LogP contribution >= 0.6 is 11.6 Å². The largest absolute Gasteiger partial charge is 0.309 e. The Morgan fingerprint density at radius 3 is 2.64 bits per heavy atom. The zero-order valence-electron chi connectivity index (χ0n) is 9.13. The molecule has 0 aliphatic carbocycles. The van der Waals surface area contributed by atoms with E-state index in [-0.39, 0.29) is 5.92 Å². The summed E-state index contributed by atoms with van der Waals surface area (Å²) in [5.74, 6) is 3.59. The van der Waals surface area contributed by atoms with Crippen molar-refractivity contribution < 1.29 is 0 Å². The van der Waals surface area contributed by atoms with Crippen molar-refractivity contribution in [3.05, 3.63) is 22.9 Å². The van der Waals surface area contributed by atoms with Crippen LogP contribution in [0.1, 0.15) is 20.8 Å². The maximum absolute atomic E-state index is 6.12. The first-order valence-electron chi connectivity index (χ1n) is 4.81. The second-order valence-corrected chi connectivity index (χ2v) is 4.19. The summed E-state index contributed by atoms with van der Waals surface area (Å²) >= 11 is 6.12. The van der Waals surface area contributed by atoms with Crippen molar-refractivity contribution in [1.82, 2.24) is 4.90 Å². The second kappa shape index (κ2) is 4.57. The molecule has 1 aliphatic rings. The summed E-state index contributed by atoms with van der Waals surface area (Å²) in [6.07, 6.45) is 4.22. The van der Waals surface area contributed by atoms with Crippen LogP contribution in [0.25, 0.3) is 0 Å². The number of halogens is 1. The van der Waals surface area contributed by atoms with Crippen molar-refractivity contribution in [2.45, 2.75) is 20.8 Å². The van der Waals surface area contributed by atoms with Crippen molar-refractivity contribution >= 4 is 11.6 Å². The first-order valence-corrected chi connectivity index (χ1v) is 5.19. The first-order chi connectivity index (χ1) is 6.50. The zero-order valence-corrected chi connectivity index (χ0v) is 9.89. The molecule has 0 radical (unpaired) electrons. The SMILES string of the molecule is C/C1=C/C(C)/C=C(/Cl)C(C)C#CN1C. The van der Waals surface area contributed by atoms with Crippen molar-refractivity contribution in [2.24, 2.45) is 11.8 Å². The Labute approximate surface area is 91.4 Å². The van der Waals surface area contributed by atoms with Gasteiger partial charge in [0, 0.05) is 23.8 Å². The molecule has 0 bridgehead atoms. The lowest BCUT2D eigenvalue weighted by molar-refractivity contribution is 0.593. The minimum Gasteiger partial charge on any atom is -0.309 e. The van der Waals surface area contributed by atoms with Gasteiger partial charge in [-0.05, 0) is 19.8 Å². The van der Waals surface area contributed by atoms with Crippen LogP contribution in [0.5, 0.6) is 0 Å². The van der Waals surface area contributed by atoms with Crippen molar-refractivity contribution in [3.8, 4) is 12.0 Å². The molecule has 1 aliphatic heterocycles. The number of rotatable bonds is 0. The molecule has 0 N–H and O–H groups in total. The molecule has 0 spiro atoms. The molecule has 0 amide bonds. The van der Waals surface area contributed by atoms with E-state index in [1.54, 1.807) is 0 Å². The average Bonchev–Trinajstić information content (AvgIpc) is 2.14. The number of hydrogen-bond donors (Lipinski definition) is 0. The molecule has 2 heteroatoms. The quantitative estimate of drug-likeness (QED) is 0.554. The number of nitrogens with zero attached hydrogens (tertiary/aromatic N) is 1. The van der Waals surface area contributed by atoms with E-state index >= 15 is 0 Å². The lowest BCUT2D eigenvalue weighted by Crippen LogP contribution is -2.08. The standard InChI is InChI=1S/C12H16ClN/c1-9-7-11(3)14(4)6-5-10(2)12(13)8-9/h7-10H,1-4H3/b11-7-,12-8+. The molecule has 1 heterocycles. The van der Waals surface area contributed by atoms with Gasteiger partial charge in [0.1, 0.15) is 0 Å². The molecule has 0 saturated heterocycles. The Morgan fingerprint density at radius 2 is 2.00 bits per heavy atom. The Kier molecular flexibility index (Phi) is 3.66. The van der Waals surface area contributed by atoms with Crippen LogP contribution in [0.2, 0.25) is 0 Å². The van der Waals surface area contributed by atoms with Gasteiger partial charge in [0.25, 0.3) is 0 Å². The van der Waals surface area contributed by atoms with Crippen LogP contribution in [-0.2, 0) is 0 Å². The van der Waals surface area contributed by atoms with Crippen LogP contribution in [0.15, 0.2) is 22.9 Å². The predicted molar refractivity (Wildman–Crippen MR) is 61.6 cm³/mol. The van der Waals surface area contributed by atoms with Gasteiger partial charge in [-0.3, -0.25) is 0 Å². The van der Waals surface area contributed by atoms with E-state index < -0.39 is 0 Å². The molecule has 1 rings (SSSR count). The van der Waals surface area contributed by atoms with Crippen LogP contribution in [-0.4, -0.2) is 11.9 Å². The molecule has 14 heavy (non-hydrogen) atoms. The first kappa shape index (κ1) is 11.2. The molecular weight excluding hydrogens is 194 g/mol. The summed E-state index contributed by atoms with van der Waals surface area (Å²) in [6.45, 7) is 6.20. The predicted octanol–water partition coefficient (Wildman–Crippen LogP) is 3.19. The third kappa shape index (κ3) is 2.82. The monoisotopic (exact) mass is 209 g/mol. The molecule has 76 valence electrons. The van der Waals surface area contributed by atoms with Crippen LogP contribution in [0.4, 0.5) is 0 Å². The highest BCUT2D eigenvalue weighted by Crippen LogP contribution is 2.20.